The summed E-state index contributed by atoms with van der Waals surface area (Å²) >= 11 is 0. The first kappa shape index (κ1) is 13.9. The Kier molecular flexibility index (Phi) is 4.58. The first-order chi connectivity index (χ1) is 8.47. The van der Waals surface area contributed by atoms with Gasteiger partial charge in [0.25, 0.3) is 0 Å². The van der Waals surface area contributed by atoms with Crippen LogP contribution in [0.5, 0.6) is 11.5 Å². The van der Waals surface area contributed by atoms with E-state index in [-0.39, 0.29) is 30.2 Å². The molecule has 0 amide bonds. The van der Waals surface area contributed by atoms with E-state index in [0.717, 1.165) is 0 Å². The van der Waals surface area contributed by atoms with Crippen LogP contribution in [0.25, 0.3) is 0 Å². The van der Waals surface area contributed by atoms with Crippen molar-refractivity contribution < 1.29 is 20.1 Å². The molecule has 1 rings (SSSR count). The van der Waals surface area contributed by atoms with E-state index in [1.165, 1.54) is 23.1 Å². The van der Waals surface area contributed by atoms with Crippen molar-refractivity contribution in [2.24, 2.45) is 0 Å². The van der Waals surface area contributed by atoms with Crippen molar-refractivity contribution in [1.29, 1.82) is 0 Å². The fraction of sp³-hybridized carbons (Fsp3) is 0.308. The average molecular weight is 249 g/mol. The van der Waals surface area contributed by atoms with Gasteiger partial charge in [0.2, 0.25) is 0 Å². The molecule has 0 bridgehead atoms. The Morgan fingerprint density at radius 3 is 2.44 bits per heavy atom. The Balaban J connectivity index is 3.05. The lowest BCUT2D eigenvalue weighted by atomic mass is 10.0. The van der Waals surface area contributed by atoms with E-state index in [1.54, 1.807) is 6.92 Å². The van der Waals surface area contributed by atoms with Gasteiger partial charge in [-0.15, -0.1) is 6.42 Å². The number of nitrogens with zero attached hydrogens (tertiary/aromatic N) is 1. The summed E-state index contributed by atoms with van der Waals surface area (Å²) in [6, 6.07) is 3.86. The topological polar surface area (TPSA) is 81.0 Å². The van der Waals surface area contributed by atoms with Crippen molar-refractivity contribution in [3.05, 3.63) is 23.8 Å². The molecule has 1 aromatic carbocycles. The van der Waals surface area contributed by atoms with Crippen LogP contribution in [-0.4, -0.2) is 39.3 Å². The van der Waals surface area contributed by atoms with Gasteiger partial charge in [-0.1, -0.05) is 12.0 Å². The number of aromatic hydroxyl groups is 2. The lowest BCUT2D eigenvalue weighted by molar-refractivity contribution is -0.138. The lowest BCUT2D eigenvalue weighted by Crippen LogP contribution is -2.32. The van der Waals surface area contributed by atoms with Crippen LogP contribution in [0.4, 0.5) is 0 Å². The molecule has 0 aromatic heterocycles. The number of hydrogen-bond donors (Lipinski definition) is 3. The molecular weight excluding hydrogens is 234 g/mol. The van der Waals surface area contributed by atoms with Gasteiger partial charge >= 0.3 is 5.97 Å². The van der Waals surface area contributed by atoms with Crippen molar-refractivity contribution in [2.75, 3.05) is 13.1 Å². The minimum atomic E-state index is -1.02. The van der Waals surface area contributed by atoms with Crippen LogP contribution in [0.3, 0.4) is 0 Å². The molecule has 5 heteroatoms. The van der Waals surface area contributed by atoms with Crippen molar-refractivity contribution in [3.8, 4) is 23.8 Å². The maximum atomic E-state index is 10.8. The van der Waals surface area contributed by atoms with Crippen molar-refractivity contribution in [3.63, 3.8) is 0 Å². The van der Waals surface area contributed by atoms with E-state index in [9.17, 15) is 15.0 Å². The molecule has 3 N–H and O–H groups in total. The number of terminal acetylenes is 1. The smallest absolute Gasteiger partial charge is 0.317 e. The third-order valence-corrected chi connectivity index (χ3v) is 2.66. The van der Waals surface area contributed by atoms with Gasteiger partial charge in [-0.25, -0.2) is 0 Å². The van der Waals surface area contributed by atoms with Gasteiger partial charge in [0.1, 0.15) is 11.5 Å². The second kappa shape index (κ2) is 5.94. The molecule has 0 radical (unpaired) electrons. The van der Waals surface area contributed by atoms with Crippen molar-refractivity contribution in [2.45, 2.75) is 13.0 Å². The van der Waals surface area contributed by atoms with Crippen LogP contribution in [0.15, 0.2) is 18.2 Å². The summed E-state index contributed by atoms with van der Waals surface area (Å²) in [5.41, 5.74) is 0.272. The highest BCUT2D eigenvalue weighted by molar-refractivity contribution is 5.69. The third kappa shape index (κ3) is 3.15. The number of aliphatic carboxylic acids is 1. The van der Waals surface area contributed by atoms with Crippen LogP contribution in [-0.2, 0) is 4.79 Å². The fourth-order valence-corrected chi connectivity index (χ4v) is 1.77. The number of hydrogen-bond acceptors (Lipinski definition) is 4. The zero-order chi connectivity index (χ0) is 13.7. The normalized spacial score (nSPS) is 12.1. The molecule has 0 spiro atoms. The molecule has 0 aliphatic rings. The molecule has 5 nitrogen and oxygen atoms in total. The van der Waals surface area contributed by atoms with Gasteiger partial charge in [0.15, 0.2) is 0 Å². The predicted octanol–water partition coefficient (Wildman–Crippen LogP) is 1.18. The zero-order valence-electron chi connectivity index (χ0n) is 10.00. The van der Waals surface area contributed by atoms with Crippen LogP contribution >= 0.6 is 0 Å². The highest BCUT2D eigenvalue weighted by atomic mass is 16.4. The molecule has 0 heterocycles. The van der Waals surface area contributed by atoms with Crippen LogP contribution in [0.2, 0.25) is 0 Å². The number of phenols is 2. The quantitative estimate of drug-likeness (QED) is 0.683. The summed E-state index contributed by atoms with van der Waals surface area (Å²) < 4.78 is 0. The van der Waals surface area contributed by atoms with Crippen LogP contribution in [0, 0.1) is 12.3 Å². The molecule has 0 fully saturated rings. The summed E-state index contributed by atoms with van der Waals surface area (Å²) in [7, 11) is 0. The number of carboxylic acid groups (broad SMARTS) is 1. The number of carboxylic acids is 1. The SMILES string of the molecule is C#CCN(CC(=O)O)C(C)c1c(O)cccc1O. The number of phenolic OH excluding ortho intramolecular Hbond substituents is 2. The average Bonchev–Trinajstić information content (AvgIpc) is 2.27. The van der Waals surface area contributed by atoms with Gasteiger partial charge in [-0.2, -0.15) is 0 Å². The Morgan fingerprint density at radius 2 is 2.00 bits per heavy atom. The molecule has 0 saturated carbocycles. The number of benzene rings is 1. The summed E-state index contributed by atoms with van der Waals surface area (Å²) in [6.07, 6.45) is 5.19. The molecule has 96 valence electrons. The molecule has 1 unspecified atom stereocenters. The van der Waals surface area contributed by atoms with E-state index >= 15 is 0 Å². The first-order valence-electron chi connectivity index (χ1n) is 5.37. The molecule has 1 aromatic rings. The fourth-order valence-electron chi connectivity index (χ4n) is 1.77. The predicted molar refractivity (Wildman–Crippen MR) is 66.2 cm³/mol. The maximum absolute atomic E-state index is 10.8. The third-order valence-electron chi connectivity index (χ3n) is 2.66. The zero-order valence-corrected chi connectivity index (χ0v) is 10.00. The summed E-state index contributed by atoms with van der Waals surface area (Å²) in [5, 5.41) is 28.3. The second-order valence-electron chi connectivity index (χ2n) is 3.89. The largest absolute Gasteiger partial charge is 0.507 e. The highest BCUT2D eigenvalue weighted by Gasteiger charge is 2.22. The number of carbonyl (C=O) groups is 1. The lowest BCUT2D eigenvalue weighted by Gasteiger charge is -2.26. The molecule has 18 heavy (non-hydrogen) atoms. The molecular formula is C13H15NO4. The van der Waals surface area contributed by atoms with Crippen molar-refractivity contribution in [1.82, 2.24) is 4.90 Å². The Hall–Kier alpha value is -2.19. The maximum Gasteiger partial charge on any atom is 0.317 e. The van der Waals surface area contributed by atoms with Crippen LogP contribution < -0.4 is 0 Å². The van der Waals surface area contributed by atoms with Gasteiger partial charge in [0, 0.05) is 6.04 Å². The summed E-state index contributed by atoms with van der Waals surface area (Å²) in [5.74, 6) is 1.16. The summed E-state index contributed by atoms with van der Waals surface area (Å²) in [4.78, 5) is 12.2. The standard InChI is InChI=1S/C13H15NO4/c1-3-7-14(8-12(17)18)9(2)13-10(15)5-4-6-11(13)16/h1,4-6,9,15-16H,7-8H2,2H3,(H,17,18). The monoisotopic (exact) mass is 249 g/mol. The summed E-state index contributed by atoms with van der Waals surface area (Å²) in [6.45, 7) is 1.52. The van der Waals surface area contributed by atoms with E-state index in [4.69, 9.17) is 11.5 Å². The van der Waals surface area contributed by atoms with Crippen LogP contribution in [0.1, 0.15) is 18.5 Å². The second-order valence-corrected chi connectivity index (χ2v) is 3.89. The minimum absolute atomic E-state index is 0.0880. The van der Waals surface area contributed by atoms with E-state index in [0.29, 0.717) is 0 Å². The Morgan fingerprint density at radius 1 is 1.44 bits per heavy atom. The minimum Gasteiger partial charge on any atom is -0.507 e. The van der Waals surface area contributed by atoms with E-state index in [2.05, 4.69) is 5.92 Å². The molecule has 0 aliphatic heterocycles. The molecule has 0 aliphatic carbocycles. The van der Waals surface area contributed by atoms with Gasteiger partial charge in [-0.3, -0.25) is 9.69 Å². The Bertz CT molecular complexity index is 458. The first-order valence-corrected chi connectivity index (χ1v) is 5.37. The van der Waals surface area contributed by atoms with Gasteiger partial charge < -0.3 is 15.3 Å². The van der Waals surface area contributed by atoms with E-state index < -0.39 is 12.0 Å². The molecule has 0 saturated heterocycles. The van der Waals surface area contributed by atoms with Crippen molar-refractivity contribution >= 4 is 5.97 Å². The molecule has 1 atom stereocenters. The highest BCUT2D eigenvalue weighted by Crippen LogP contribution is 2.35. The van der Waals surface area contributed by atoms with Gasteiger partial charge in [-0.05, 0) is 19.1 Å². The van der Waals surface area contributed by atoms with Gasteiger partial charge in [0.05, 0.1) is 18.7 Å². The van der Waals surface area contributed by atoms with E-state index in [1.807, 2.05) is 0 Å². The Labute approximate surface area is 105 Å². The number of rotatable bonds is 5.